The Kier molecular flexibility index (Phi) is 9.76. The van der Waals surface area contributed by atoms with Gasteiger partial charge in [0.2, 0.25) is 5.91 Å². The summed E-state index contributed by atoms with van der Waals surface area (Å²) >= 11 is 0. The van der Waals surface area contributed by atoms with Crippen LogP contribution in [0.25, 0.3) is 0 Å². The predicted octanol–water partition coefficient (Wildman–Crippen LogP) is 2.28. The lowest BCUT2D eigenvalue weighted by Crippen LogP contribution is -2.51. The molecule has 0 saturated carbocycles. The Morgan fingerprint density at radius 2 is 2.03 bits per heavy atom. The van der Waals surface area contributed by atoms with Gasteiger partial charge in [-0.2, -0.15) is 0 Å². The second kappa shape index (κ2) is 11.8. The predicted molar refractivity (Wildman–Crippen MR) is 125 cm³/mol. The van der Waals surface area contributed by atoms with E-state index in [1.165, 1.54) is 17.0 Å². The van der Waals surface area contributed by atoms with E-state index in [4.69, 9.17) is 9.47 Å². The van der Waals surface area contributed by atoms with E-state index in [1.807, 2.05) is 6.92 Å². The smallest absolute Gasteiger partial charge is 0.243 e. The maximum Gasteiger partial charge on any atom is 0.243 e. The van der Waals surface area contributed by atoms with Gasteiger partial charge in [-0.05, 0) is 31.0 Å². The van der Waals surface area contributed by atoms with Crippen LogP contribution in [0, 0.1) is 11.7 Å². The van der Waals surface area contributed by atoms with Crippen LogP contribution in [-0.2, 0) is 14.3 Å². The quantitative estimate of drug-likeness (QED) is 0.357. The topological polar surface area (TPSA) is 66.4 Å². The monoisotopic (exact) mass is 534 g/mol. The number of halogens is 2. The summed E-state index contributed by atoms with van der Waals surface area (Å²) in [6.45, 7) is 5.63. The van der Waals surface area contributed by atoms with Crippen LogP contribution >= 0.6 is 24.0 Å². The van der Waals surface area contributed by atoms with E-state index >= 15 is 0 Å². The van der Waals surface area contributed by atoms with Gasteiger partial charge in [-0.3, -0.25) is 4.79 Å². The van der Waals surface area contributed by atoms with Gasteiger partial charge in [0.05, 0.1) is 19.3 Å². The minimum absolute atomic E-state index is 0. The summed E-state index contributed by atoms with van der Waals surface area (Å²) in [5.41, 5.74) is 0.927. The molecule has 2 saturated heterocycles. The molecule has 2 aliphatic rings. The molecule has 2 heterocycles. The SMILES string of the molecule is CC1CN(C(=NCC(=O)N(C)C)NCC2CCOC2)CC(c2ccc(F)cc2)O1.I. The van der Waals surface area contributed by atoms with Crippen molar-refractivity contribution in [1.29, 1.82) is 0 Å². The van der Waals surface area contributed by atoms with Gasteiger partial charge in [0.25, 0.3) is 0 Å². The van der Waals surface area contributed by atoms with Crippen LogP contribution in [0.4, 0.5) is 4.39 Å². The van der Waals surface area contributed by atoms with E-state index in [2.05, 4.69) is 15.2 Å². The van der Waals surface area contributed by atoms with Gasteiger partial charge in [-0.15, -0.1) is 24.0 Å². The zero-order chi connectivity index (χ0) is 20.8. The molecule has 1 N–H and O–H groups in total. The number of morpholine rings is 1. The molecule has 2 fully saturated rings. The molecular formula is C21H32FIN4O3. The highest BCUT2D eigenvalue weighted by atomic mass is 127. The number of rotatable bonds is 5. The van der Waals surface area contributed by atoms with Crippen molar-refractivity contribution < 1.29 is 18.7 Å². The van der Waals surface area contributed by atoms with Gasteiger partial charge in [-0.25, -0.2) is 9.38 Å². The molecule has 3 rings (SSSR count). The van der Waals surface area contributed by atoms with Crippen molar-refractivity contribution in [3.05, 3.63) is 35.6 Å². The first-order chi connectivity index (χ1) is 13.9. The van der Waals surface area contributed by atoms with Gasteiger partial charge < -0.3 is 24.6 Å². The summed E-state index contributed by atoms with van der Waals surface area (Å²) in [5, 5.41) is 3.44. The lowest BCUT2D eigenvalue weighted by atomic mass is 10.1. The summed E-state index contributed by atoms with van der Waals surface area (Å²) in [6.07, 6.45) is 0.810. The Bertz CT molecular complexity index is 711. The van der Waals surface area contributed by atoms with Crippen LogP contribution in [0.3, 0.4) is 0 Å². The fourth-order valence-electron chi connectivity index (χ4n) is 3.52. The first kappa shape index (κ1) is 24.8. The van der Waals surface area contributed by atoms with E-state index in [-0.39, 0.29) is 54.5 Å². The lowest BCUT2D eigenvalue weighted by Gasteiger charge is -2.39. The number of hydrogen-bond donors (Lipinski definition) is 1. The van der Waals surface area contributed by atoms with Crippen molar-refractivity contribution in [3.63, 3.8) is 0 Å². The van der Waals surface area contributed by atoms with Crippen molar-refractivity contribution in [2.75, 3.05) is 53.5 Å². The molecule has 0 aliphatic carbocycles. The Hall–Kier alpha value is -1.46. The Balaban J connectivity index is 0.00000320. The lowest BCUT2D eigenvalue weighted by molar-refractivity contribution is -0.127. The number of nitrogens with zero attached hydrogens (tertiary/aromatic N) is 3. The normalized spacial score (nSPS) is 24.3. The van der Waals surface area contributed by atoms with Gasteiger partial charge in [0.1, 0.15) is 18.5 Å². The molecule has 30 heavy (non-hydrogen) atoms. The molecule has 1 amide bonds. The second-order valence-electron chi connectivity index (χ2n) is 7.93. The number of hydrogen-bond acceptors (Lipinski definition) is 4. The fourth-order valence-corrected chi connectivity index (χ4v) is 3.52. The molecule has 3 unspecified atom stereocenters. The molecular weight excluding hydrogens is 502 g/mol. The Labute approximate surface area is 195 Å². The van der Waals surface area contributed by atoms with Gasteiger partial charge in [0, 0.05) is 39.7 Å². The first-order valence-electron chi connectivity index (χ1n) is 10.1. The van der Waals surface area contributed by atoms with E-state index in [1.54, 1.807) is 26.2 Å². The van der Waals surface area contributed by atoms with Crippen molar-refractivity contribution in [1.82, 2.24) is 15.1 Å². The maximum absolute atomic E-state index is 13.3. The zero-order valence-electron chi connectivity index (χ0n) is 17.8. The number of amides is 1. The Morgan fingerprint density at radius 1 is 1.30 bits per heavy atom. The number of aliphatic imine (C=N–C) groups is 1. The van der Waals surface area contributed by atoms with E-state index in [0.29, 0.717) is 25.0 Å². The standard InChI is InChI=1S/C21H31FN4O3.HI/c1-15-12-26(13-19(29-15)17-4-6-18(22)7-5-17)21(24-11-20(27)25(2)3)23-10-16-8-9-28-14-16;/h4-7,15-16,19H,8-14H2,1-3H3,(H,23,24);1H. The number of nitrogens with one attached hydrogen (secondary N) is 1. The molecule has 9 heteroatoms. The summed E-state index contributed by atoms with van der Waals surface area (Å²) in [7, 11) is 3.45. The van der Waals surface area contributed by atoms with E-state index in [0.717, 1.165) is 31.7 Å². The van der Waals surface area contributed by atoms with E-state index < -0.39 is 0 Å². The summed E-state index contributed by atoms with van der Waals surface area (Å²) < 4.78 is 24.9. The highest BCUT2D eigenvalue weighted by molar-refractivity contribution is 14.0. The zero-order valence-corrected chi connectivity index (χ0v) is 20.2. The van der Waals surface area contributed by atoms with Crippen LogP contribution in [-0.4, -0.2) is 81.3 Å². The number of carbonyl (C=O) groups excluding carboxylic acids is 1. The number of carbonyl (C=O) groups is 1. The summed E-state index contributed by atoms with van der Waals surface area (Å²) in [4.78, 5) is 20.3. The van der Waals surface area contributed by atoms with Crippen molar-refractivity contribution in [3.8, 4) is 0 Å². The van der Waals surface area contributed by atoms with Gasteiger partial charge in [0.15, 0.2) is 5.96 Å². The van der Waals surface area contributed by atoms with Crippen LogP contribution in [0.1, 0.15) is 25.0 Å². The Morgan fingerprint density at radius 3 is 2.67 bits per heavy atom. The largest absolute Gasteiger partial charge is 0.381 e. The fraction of sp³-hybridized carbons (Fsp3) is 0.619. The second-order valence-corrected chi connectivity index (χ2v) is 7.93. The molecule has 3 atom stereocenters. The maximum atomic E-state index is 13.3. The van der Waals surface area contributed by atoms with E-state index in [9.17, 15) is 9.18 Å². The minimum Gasteiger partial charge on any atom is -0.381 e. The number of guanidine groups is 1. The first-order valence-corrected chi connectivity index (χ1v) is 10.1. The molecule has 168 valence electrons. The number of ether oxygens (including phenoxy) is 2. The van der Waals surface area contributed by atoms with Gasteiger partial charge in [-0.1, -0.05) is 12.1 Å². The van der Waals surface area contributed by atoms with Crippen LogP contribution in [0.2, 0.25) is 0 Å². The van der Waals surface area contributed by atoms with Crippen LogP contribution in [0.5, 0.6) is 0 Å². The van der Waals surface area contributed by atoms with Crippen LogP contribution < -0.4 is 5.32 Å². The summed E-state index contributed by atoms with van der Waals surface area (Å²) in [6, 6.07) is 6.41. The average Bonchev–Trinajstić information content (AvgIpc) is 3.21. The molecule has 2 aliphatic heterocycles. The third-order valence-corrected chi connectivity index (χ3v) is 5.24. The van der Waals surface area contributed by atoms with Crippen molar-refractivity contribution >= 4 is 35.8 Å². The minimum atomic E-state index is -0.264. The number of likely N-dealkylation sites (N-methyl/N-ethyl adjacent to an activating group) is 1. The van der Waals surface area contributed by atoms with Crippen molar-refractivity contribution in [2.24, 2.45) is 10.9 Å². The molecule has 7 nitrogen and oxygen atoms in total. The third kappa shape index (κ3) is 7.05. The highest BCUT2D eigenvalue weighted by Crippen LogP contribution is 2.25. The highest BCUT2D eigenvalue weighted by Gasteiger charge is 2.29. The molecule has 0 aromatic heterocycles. The van der Waals surface area contributed by atoms with Gasteiger partial charge >= 0.3 is 0 Å². The summed E-state index contributed by atoms with van der Waals surface area (Å²) in [5.74, 6) is 0.828. The third-order valence-electron chi connectivity index (χ3n) is 5.24. The molecule has 1 aromatic carbocycles. The molecule has 1 aromatic rings. The molecule has 0 radical (unpaired) electrons. The van der Waals surface area contributed by atoms with Crippen molar-refractivity contribution in [2.45, 2.75) is 25.6 Å². The molecule has 0 spiro atoms. The molecule has 0 bridgehead atoms. The number of benzene rings is 1. The van der Waals surface area contributed by atoms with Crippen LogP contribution in [0.15, 0.2) is 29.3 Å². The average molecular weight is 534 g/mol.